The zero-order chi connectivity index (χ0) is 22.2. The van der Waals surface area contributed by atoms with Crippen LogP contribution in [0, 0.1) is 0 Å². The average molecular weight is 433 g/mol. The van der Waals surface area contributed by atoms with Gasteiger partial charge in [0, 0.05) is 22.5 Å². The number of nitrogens with two attached hydrogens (primary N) is 1. The van der Waals surface area contributed by atoms with Gasteiger partial charge in [-0.05, 0) is 54.7 Å². The van der Waals surface area contributed by atoms with Gasteiger partial charge in [-0.3, -0.25) is 19.8 Å². The maximum atomic E-state index is 12.6. The van der Waals surface area contributed by atoms with Crippen LogP contribution in [0.25, 0.3) is 0 Å². The van der Waals surface area contributed by atoms with Crippen LogP contribution in [0.4, 0.5) is 17.1 Å². The summed E-state index contributed by atoms with van der Waals surface area (Å²) in [5.41, 5.74) is 4.15. The molecule has 8 nitrogen and oxygen atoms in total. The number of hydrogen-bond donors (Lipinski definition) is 5. The fourth-order valence-corrected chi connectivity index (χ4v) is 3.05. The standard InChI is InChI=1S/C22H19N5O3S/c23-27-21(30)19-15(13-28)5-4-8-18(19)26-20(29)14-9-11-17(12-10-14)25-22(31)24-16-6-2-1-3-7-16/h1-13H,23H2,(H,26,29)(H,27,30)(H2,24,25,31). The smallest absolute Gasteiger partial charge is 0.268 e. The number of carbonyl (C=O) groups excluding carboxylic acids is 3. The number of para-hydroxylation sites is 1. The molecule has 6 N–H and O–H groups in total. The Bertz CT molecular complexity index is 1120. The van der Waals surface area contributed by atoms with Crippen molar-refractivity contribution in [2.45, 2.75) is 0 Å². The Morgan fingerprint density at radius 1 is 0.774 bits per heavy atom. The first kappa shape index (κ1) is 21.6. The number of nitrogens with one attached hydrogen (secondary N) is 4. The van der Waals surface area contributed by atoms with Gasteiger partial charge in [0.05, 0.1) is 11.3 Å². The van der Waals surface area contributed by atoms with Gasteiger partial charge < -0.3 is 16.0 Å². The molecule has 3 rings (SSSR count). The summed E-state index contributed by atoms with van der Waals surface area (Å²) in [6.07, 6.45) is 0.521. The van der Waals surface area contributed by atoms with Crippen molar-refractivity contribution >= 4 is 52.5 Å². The number of hydrazine groups is 1. The molecule has 0 atom stereocenters. The van der Waals surface area contributed by atoms with E-state index < -0.39 is 11.8 Å². The highest BCUT2D eigenvalue weighted by molar-refractivity contribution is 7.80. The predicted molar refractivity (Wildman–Crippen MR) is 124 cm³/mol. The van der Waals surface area contributed by atoms with E-state index in [0.29, 0.717) is 22.6 Å². The van der Waals surface area contributed by atoms with E-state index in [-0.39, 0.29) is 16.8 Å². The Morgan fingerprint density at radius 3 is 2.03 bits per heavy atom. The molecule has 0 saturated carbocycles. The summed E-state index contributed by atoms with van der Waals surface area (Å²) >= 11 is 5.28. The van der Waals surface area contributed by atoms with E-state index in [0.717, 1.165) is 5.69 Å². The first-order valence-corrected chi connectivity index (χ1v) is 9.56. The molecule has 0 unspecified atom stereocenters. The van der Waals surface area contributed by atoms with E-state index in [1.807, 2.05) is 35.8 Å². The summed E-state index contributed by atoms with van der Waals surface area (Å²) < 4.78 is 0. The topological polar surface area (TPSA) is 125 Å². The number of carbonyl (C=O) groups is 3. The molecule has 0 radical (unpaired) electrons. The number of rotatable bonds is 6. The molecule has 0 aliphatic heterocycles. The van der Waals surface area contributed by atoms with Gasteiger partial charge in [0.1, 0.15) is 0 Å². The molecule has 0 heterocycles. The van der Waals surface area contributed by atoms with Crippen molar-refractivity contribution in [3.05, 3.63) is 89.5 Å². The Balaban J connectivity index is 1.69. The number of nitrogen functional groups attached to an aromatic ring is 1. The average Bonchev–Trinajstić information content (AvgIpc) is 2.79. The van der Waals surface area contributed by atoms with Crippen molar-refractivity contribution in [3.8, 4) is 0 Å². The maximum Gasteiger partial charge on any atom is 0.268 e. The van der Waals surface area contributed by atoms with Crippen LogP contribution < -0.4 is 27.2 Å². The SMILES string of the molecule is NNC(=O)c1c(C=O)cccc1NC(=O)c1ccc(NC(=S)Nc2ccccc2)cc1. The van der Waals surface area contributed by atoms with E-state index in [1.165, 1.54) is 12.1 Å². The summed E-state index contributed by atoms with van der Waals surface area (Å²) in [6, 6.07) is 20.6. The van der Waals surface area contributed by atoms with E-state index in [2.05, 4.69) is 16.0 Å². The molecule has 3 aromatic carbocycles. The van der Waals surface area contributed by atoms with Gasteiger partial charge in [0.25, 0.3) is 11.8 Å². The fraction of sp³-hybridized carbons (Fsp3) is 0. The summed E-state index contributed by atoms with van der Waals surface area (Å²) in [7, 11) is 0. The normalized spacial score (nSPS) is 9.97. The van der Waals surface area contributed by atoms with Crippen LogP contribution in [0.15, 0.2) is 72.8 Å². The van der Waals surface area contributed by atoms with Gasteiger partial charge in [-0.2, -0.15) is 0 Å². The Kier molecular flexibility index (Phi) is 7.05. The summed E-state index contributed by atoms with van der Waals surface area (Å²) in [6.45, 7) is 0. The lowest BCUT2D eigenvalue weighted by Crippen LogP contribution is -2.32. The van der Waals surface area contributed by atoms with Crippen LogP contribution in [0.3, 0.4) is 0 Å². The molecule has 0 bridgehead atoms. The lowest BCUT2D eigenvalue weighted by atomic mass is 10.0. The molecule has 9 heteroatoms. The van der Waals surface area contributed by atoms with E-state index in [1.54, 1.807) is 30.3 Å². The van der Waals surface area contributed by atoms with Crippen molar-refractivity contribution < 1.29 is 14.4 Å². The van der Waals surface area contributed by atoms with E-state index in [4.69, 9.17) is 18.1 Å². The molecule has 0 fully saturated rings. The van der Waals surface area contributed by atoms with Gasteiger partial charge in [-0.15, -0.1) is 0 Å². The third kappa shape index (κ3) is 5.50. The minimum absolute atomic E-state index is 0.0102. The van der Waals surface area contributed by atoms with Crippen molar-refractivity contribution in [1.82, 2.24) is 5.43 Å². The molecular weight excluding hydrogens is 414 g/mol. The van der Waals surface area contributed by atoms with Crippen molar-refractivity contribution in [2.75, 3.05) is 16.0 Å². The Labute approximate surface area is 183 Å². The van der Waals surface area contributed by atoms with E-state index >= 15 is 0 Å². The third-order valence-electron chi connectivity index (χ3n) is 4.27. The van der Waals surface area contributed by atoms with Crippen LogP contribution in [0.2, 0.25) is 0 Å². The second-order valence-corrected chi connectivity index (χ2v) is 6.75. The van der Waals surface area contributed by atoms with Gasteiger partial charge in [-0.25, -0.2) is 5.84 Å². The van der Waals surface area contributed by atoms with Crippen molar-refractivity contribution in [3.63, 3.8) is 0 Å². The van der Waals surface area contributed by atoms with Gasteiger partial charge in [-0.1, -0.05) is 30.3 Å². The predicted octanol–water partition coefficient (Wildman–Crippen LogP) is 3.16. The van der Waals surface area contributed by atoms with Crippen LogP contribution in [-0.2, 0) is 0 Å². The first-order valence-electron chi connectivity index (χ1n) is 9.15. The summed E-state index contributed by atoms with van der Waals surface area (Å²) in [5, 5.41) is 9.14. The minimum atomic E-state index is -0.683. The lowest BCUT2D eigenvalue weighted by Gasteiger charge is -2.13. The fourth-order valence-electron chi connectivity index (χ4n) is 2.81. The van der Waals surface area contributed by atoms with E-state index in [9.17, 15) is 14.4 Å². The third-order valence-corrected chi connectivity index (χ3v) is 4.47. The van der Waals surface area contributed by atoms with Gasteiger partial charge in [0.15, 0.2) is 11.4 Å². The molecule has 0 aliphatic carbocycles. The highest BCUT2D eigenvalue weighted by Gasteiger charge is 2.17. The van der Waals surface area contributed by atoms with Gasteiger partial charge >= 0.3 is 0 Å². The summed E-state index contributed by atoms with van der Waals surface area (Å²) in [5.74, 6) is 4.06. The molecule has 2 amide bonds. The zero-order valence-electron chi connectivity index (χ0n) is 16.2. The molecule has 0 spiro atoms. The molecule has 0 aromatic heterocycles. The number of aldehydes is 1. The van der Waals surface area contributed by atoms with Crippen molar-refractivity contribution in [1.29, 1.82) is 0 Å². The van der Waals surface area contributed by atoms with Crippen molar-refractivity contribution in [2.24, 2.45) is 5.84 Å². The van der Waals surface area contributed by atoms with Crippen LogP contribution in [0.5, 0.6) is 0 Å². The number of hydrogen-bond acceptors (Lipinski definition) is 5. The lowest BCUT2D eigenvalue weighted by molar-refractivity contribution is 0.0949. The molecule has 0 aliphatic rings. The first-order chi connectivity index (χ1) is 15.0. The minimum Gasteiger partial charge on any atom is -0.332 e. The number of anilines is 3. The monoisotopic (exact) mass is 433 g/mol. The second kappa shape index (κ2) is 10.1. The largest absolute Gasteiger partial charge is 0.332 e. The Morgan fingerprint density at radius 2 is 1.42 bits per heavy atom. The second-order valence-electron chi connectivity index (χ2n) is 6.34. The van der Waals surface area contributed by atoms with Crippen LogP contribution in [0.1, 0.15) is 31.1 Å². The molecule has 156 valence electrons. The highest BCUT2D eigenvalue weighted by Crippen LogP contribution is 2.20. The molecular formula is C22H19N5O3S. The highest BCUT2D eigenvalue weighted by atomic mass is 32.1. The van der Waals surface area contributed by atoms with Gasteiger partial charge in [0.2, 0.25) is 0 Å². The van der Waals surface area contributed by atoms with Crippen LogP contribution >= 0.6 is 12.2 Å². The number of benzene rings is 3. The Hall–Kier alpha value is -4.08. The summed E-state index contributed by atoms with van der Waals surface area (Å²) in [4.78, 5) is 35.9. The molecule has 31 heavy (non-hydrogen) atoms. The zero-order valence-corrected chi connectivity index (χ0v) is 17.0. The maximum absolute atomic E-state index is 12.6. The number of amides is 2. The number of thiocarbonyl (C=S) groups is 1. The molecule has 3 aromatic rings. The quantitative estimate of drug-likeness (QED) is 0.133. The van der Waals surface area contributed by atoms with Crippen LogP contribution in [-0.4, -0.2) is 23.2 Å². The molecule has 0 saturated heterocycles.